The fraction of sp³-hybridized carbons (Fsp3) is 0.227. The van der Waals surface area contributed by atoms with Crippen LogP contribution in [-0.2, 0) is 4.74 Å². The number of nitrogen functional groups attached to an aromatic ring is 1. The van der Waals surface area contributed by atoms with E-state index in [9.17, 15) is 4.79 Å². The van der Waals surface area contributed by atoms with Gasteiger partial charge < -0.3 is 10.5 Å². The largest absolute Gasteiger partial charge is 0.462 e. The van der Waals surface area contributed by atoms with E-state index in [2.05, 4.69) is 18.8 Å². The summed E-state index contributed by atoms with van der Waals surface area (Å²) in [5.74, 6) is 0.0524. The molecule has 0 unspecified atom stereocenters. The van der Waals surface area contributed by atoms with Crippen LogP contribution in [0.25, 0.3) is 27.9 Å². The Kier molecular flexibility index (Phi) is 5.54. The molecule has 2 aromatic heterocycles. The summed E-state index contributed by atoms with van der Waals surface area (Å²) in [7, 11) is 0. The maximum Gasteiger partial charge on any atom is 0.344 e. The number of benzene rings is 2. The molecular weight excluding hydrogens is 423 g/mol. The van der Waals surface area contributed by atoms with E-state index in [0.717, 1.165) is 6.42 Å². The van der Waals surface area contributed by atoms with Crippen LogP contribution in [0.15, 0.2) is 42.5 Å². The number of aromatic nitrogens is 3. The molecule has 0 bridgehead atoms. The summed E-state index contributed by atoms with van der Waals surface area (Å²) in [4.78, 5) is 22.3. The minimum absolute atomic E-state index is 0.174. The summed E-state index contributed by atoms with van der Waals surface area (Å²) in [6, 6.07) is 12.4. The van der Waals surface area contributed by atoms with Crippen molar-refractivity contribution in [1.29, 1.82) is 0 Å². The van der Waals surface area contributed by atoms with Crippen molar-refractivity contribution in [1.82, 2.24) is 14.5 Å². The smallest absolute Gasteiger partial charge is 0.344 e. The van der Waals surface area contributed by atoms with Crippen molar-refractivity contribution < 1.29 is 9.53 Å². The summed E-state index contributed by atoms with van der Waals surface area (Å²) >= 11 is 12.4. The first kappa shape index (κ1) is 20.4. The van der Waals surface area contributed by atoms with Gasteiger partial charge in [0, 0.05) is 10.0 Å². The van der Waals surface area contributed by atoms with E-state index >= 15 is 0 Å². The number of fused-ring (bicyclic) bond motifs is 2. The van der Waals surface area contributed by atoms with Gasteiger partial charge in [0.25, 0.3) is 0 Å². The van der Waals surface area contributed by atoms with Gasteiger partial charge in [-0.3, -0.25) is 4.57 Å². The highest BCUT2D eigenvalue weighted by Gasteiger charge is 2.26. The lowest BCUT2D eigenvalue weighted by molar-refractivity contribution is 0.0491. The summed E-state index contributed by atoms with van der Waals surface area (Å²) in [5, 5.41) is 0.877. The van der Waals surface area contributed by atoms with Gasteiger partial charge in [0.2, 0.25) is 0 Å². The van der Waals surface area contributed by atoms with Crippen molar-refractivity contribution in [2.24, 2.45) is 5.92 Å². The standard InChI is InChI=1S/C22H20Cl2N4O2/c1-12(2)7-8-30-22(29)18-19-21(27-17-6-4-3-5-16(17)26-19)28(20(18)25)15-10-13(23)9-14(24)11-15/h3-6,9-12H,7-8,25H2,1-2H3. The molecule has 0 aliphatic rings. The molecule has 4 rings (SSSR count). The number of esters is 1. The van der Waals surface area contributed by atoms with Gasteiger partial charge in [0.1, 0.15) is 16.9 Å². The minimum atomic E-state index is -0.533. The lowest BCUT2D eigenvalue weighted by atomic mass is 10.1. The van der Waals surface area contributed by atoms with Crippen LogP contribution in [0.3, 0.4) is 0 Å². The number of carbonyl (C=O) groups excluding carboxylic acids is 1. The normalized spacial score (nSPS) is 11.5. The topological polar surface area (TPSA) is 83.0 Å². The monoisotopic (exact) mass is 442 g/mol. The highest BCUT2D eigenvalue weighted by Crippen LogP contribution is 2.33. The number of hydrogen-bond donors (Lipinski definition) is 1. The Balaban J connectivity index is 1.95. The fourth-order valence-electron chi connectivity index (χ4n) is 3.25. The second-order valence-corrected chi connectivity index (χ2v) is 8.30. The van der Waals surface area contributed by atoms with Crippen molar-refractivity contribution in [3.8, 4) is 5.69 Å². The van der Waals surface area contributed by atoms with E-state index in [1.165, 1.54) is 0 Å². The van der Waals surface area contributed by atoms with Gasteiger partial charge in [-0.1, -0.05) is 49.2 Å². The second-order valence-electron chi connectivity index (χ2n) is 7.43. The second kappa shape index (κ2) is 8.13. The van der Waals surface area contributed by atoms with Crippen LogP contribution in [0.5, 0.6) is 0 Å². The van der Waals surface area contributed by atoms with Gasteiger partial charge in [-0.05, 0) is 42.7 Å². The Labute approximate surface area is 183 Å². The molecule has 8 heteroatoms. The molecule has 0 saturated heterocycles. The molecule has 154 valence electrons. The van der Waals surface area contributed by atoms with Crippen LogP contribution in [0, 0.1) is 5.92 Å². The Hall–Kier alpha value is -2.83. The molecule has 0 aliphatic heterocycles. The van der Waals surface area contributed by atoms with Crippen molar-refractivity contribution in [2.45, 2.75) is 20.3 Å². The van der Waals surface area contributed by atoms with Gasteiger partial charge in [-0.2, -0.15) is 0 Å². The average Bonchev–Trinajstić information content (AvgIpc) is 2.95. The molecule has 2 aromatic carbocycles. The molecule has 0 fully saturated rings. The number of para-hydroxylation sites is 2. The Bertz CT molecular complexity index is 1250. The van der Waals surface area contributed by atoms with Gasteiger partial charge in [0.15, 0.2) is 5.65 Å². The van der Waals surface area contributed by atoms with Gasteiger partial charge in [0.05, 0.1) is 23.3 Å². The zero-order valence-electron chi connectivity index (χ0n) is 16.5. The van der Waals surface area contributed by atoms with Gasteiger partial charge in [-0.25, -0.2) is 14.8 Å². The zero-order valence-corrected chi connectivity index (χ0v) is 18.0. The molecule has 0 saturated carbocycles. The molecule has 0 atom stereocenters. The Morgan fingerprint density at radius 2 is 1.73 bits per heavy atom. The number of hydrogen-bond acceptors (Lipinski definition) is 5. The van der Waals surface area contributed by atoms with Crippen LogP contribution in [0.1, 0.15) is 30.6 Å². The predicted molar refractivity (Wildman–Crippen MR) is 121 cm³/mol. The van der Waals surface area contributed by atoms with E-state index < -0.39 is 5.97 Å². The molecule has 0 amide bonds. The average molecular weight is 443 g/mol. The third-order valence-electron chi connectivity index (χ3n) is 4.74. The molecule has 4 aromatic rings. The molecule has 2 N–H and O–H groups in total. The first-order valence-corrected chi connectivity index (χ1v) is 10.3. The molecule has 30 heavy (non-hydrogen) atoms. The van der Waals surface area contributed by atoms with E-state index in [1.807, 2.05) is 24.3 Å². The molecule has 0 aliphatic carbocycles. The van der Waals surface area contributed by atoms with Crippen molar-refractivity contribution in [3.05, 3.63) is 58.1 Å². The number of nitrogens with zero attached hydrogens (tertiary/aromatic N) is 3. The summed E-state index contributed by atoms with van der Waals surface area (Å²) in [6.45, 7) is 4.43. The SMILES string of the molecule is CC(C)CCOC(=O)c1c(N)n(-c2cc(Cl)cc(Cl)c2)c2nc3ccccc3nc12. The van der Waals surface area contributed by atoms with Crippen LogP contribution in [-0.4, -0.2) is 27.1 Å². The quantitative estimate of drug-likeness (QED) is 0.402. The van der Waals surface area contributed by atoms with Crippen molar-refractivity contribution in [2.75, 3.05) is 12.3 Å². The molecule has 0 spiro atoms. The van der Waals surface area contributed by atoms with Crippen LogP contribution < -0.4 is 5.73 Å². The van der Waals surface area contributed by atoms with Crippen molar-refractivity contribution >= 4 is 57.2 Å². The van der Waals surface area contributed by atoms with E-state index in [1.54, 1.807) is 22.8 Å². The first-order chi connectivity index (χ1) is 14.3. The third-order valence-corrected chi connectivity index (χ3v) is 5.17. The molecular formula is C22H20Cl2N4O2. The van der Waals surface area contributed by atoms with E-state index in [4.69, 9.17) is 38.7 Å². The first-order valence-electron chi connectivity index (χ1n) is 9.55. The highest BCUT2D eigenvalue weighted by molar-refractivity contribution is 6.35. The fourth-order valence-corrected chi connectivity index (χ4v) is 3.77. The Morgan fingerprint density at radius 1 is 1.10 bits per heavy atom. The highest BCUT2D eigenvalue weighted by atomic mass is 35.5. The number of ether oxygens (including phenoxy) is 1. The summed E-state index contributed by atoms with van der Waals surface area (Å²) in [6.07, 6.45) is 0.753. The lowest BCUT2D eigenvalue weighted by Crippen LogP contribution is -2.11. The Morgan fingerprint density at radius 3 is 2.37 bits per heavy atom. The maximum absolute atomic E-state index is 12.9. The number of halogens is 2. The molecule has 6 nitrogen and oxygen atoms in total. The number of anilines is 1. The van der Waals surface area contributed by atoms with Crippen LogP contribution >= 0.6 is 23.2 Å². The summed E-state index contributed by atoms with van der Waals surface area (Å²) < 4.78 is 7.11. The van der Waals surface area contributed by atoms with Crippen LogP contribution in [0.4, 0.5) is 5.82 Å². The van der Waals surface area contributed by atoms with Crippen LogP contribution in [0.2, 0.25) is 10.0 Å². The zero-order chi connectivity index (χ0) is 21.4. The predicted octanol–water partition coefficient (Wildman–Crippen LogP) is 5.67. The van der Waals surface area contributed by atoms with Crippen molar-refractivity contribution in [3.63, 3.8) is 0 Å². The molecule has 0 radical (unpaired) electrons. The lowest BCUT2D eigenvalue weighted by Gasteiger charge is -2.09. The molecule has 2 heterocycles. The third kappa shape index (κ3) is 3.80. The number of carbonyl (C=O) groups is 1. The van der Waals surface area contributed by atoms with Gasteiger partial charge in [-0.15, -0.1) is 0 Å². The minimum Gasteiger partial charge on any atom is -0.462 e. The van der Waals surface area contributed by atoms with E-state index in [0.29, 0.717) is 50.5 Å². The number of rotatable bonds is 5. The summed E-state index contributed by atoms with van der Waals surface area (Å²) in [5.41, 5.74) is 9.34. The van der Waals surface area contributed by atoms with Gasteiger partial charge >= 0.3 is 5.97 Å². The number of nitrogens with two attached hydrogens (primary N) is 1. The maximum atomic E-state index is 12.9. The van der Waals surface area contributed by atoms with E-state index in [-0.39, 0.29) is 11.4 Å².